The summed E-state index contributed by atoms with van der Waals surface area (Å²) in [6, 6.07) is 10.7. The normalized spacial score (nSPS) is 26.2. The highest BCUT2D eigenvalue weighted by Gasteiger charge is 2.54. The van der Waals surface area contributed by atoms with Gasteiger partial charge in [-0.25, -0.2) is 4.79 Å². The summed E-state index contributed by atoms with van der Waals surface area (Å²) in [7, 11) is 7.39. The molecule has 0 unspecified atom stereocenters. The predicted molar refractivity (Wildman–Crippen MR) is 120 cm³/mol. The molecule has 172 valence electrons. The maximum absolute atomic E-state index is 13.3. The third-order valence-electron chi connectivity index (χ3n) is 7.28. The second kappa shape index (κ2) is 10.0. The van der Waals surface area contributed by atoms with Gasteiger partial charge in [-0.05, 0) is 51.8 Å². The molecule has 7 heteroatoms. The van der Waals surface area contributed by atoms with Gasteiger partial charge in [0.1, 0.15) is 0 Å². The standard InChI is InChI=1S/C24H37N3O4/c1-25(2)24(20-9-6-5-7-10-20)14-12-23(13-15-24)19-26(17-11-21(28)31-4)22(29)27(23)16-8-18-30-3/h5-7,9-10H,8,11-19H2,1-4H3/t23-,24+. The maximum atomic E-state index is 13.3. The highest BCUT2D eigenvalue weighted by molar-refractivity contribution is 5.79. The number of carbonyl (C=O) groups is 2. The summed E-state index contributed by atoms with van der Waals surface area (Å²) in [6.07, 6.45) is 4.90. The Morgan fingerprint density at radius 2 is 1.74 bits per heavy atom. The first-order valence-corrected chi connectivity index (χ1v) is 11.2. The lowest BCUT2D eigenvalue weighted by Gasteiger charge is -2.51. The van der Waals surface area contributed by atoms with Crippen LogP contribution in [0.3, 0.4) is 0 Å². The predicted octanol–water partition coefficient (Wildman–Crippen LogP) is 3.09. The van der Waals surface area contributed by atoms with Crippen LogP contribution >= 0.6 is 0 Å². The zero-order chi connectivity index (χ0) is 22.5. The molecular weight excluding hydrogens is 394 g/mol. The first-order chi connectivity index (χ1) is 14.9. The molecule has 7 nitrogen and oxygen atoms in total. The van der Waals surface area contributed by atoms with E-state index in [4.69, 9.17) is 9.47 Å². The summed E-state index contributed by atoms with van der Waals surface area (Å²) >= 11 is 0. The number of ether oxygens (including phenoxy) is 2. The van der Waals surface area contributed by atoms with Gasteiger partial charge >= 0.3 is 12.0 Å². The summed E-state index contributed by atoms with van der Waals surface area (Å²) in [6.45, 7) is 2.40. The molecule has 31 heavy (non-hydrogen) atoms. The lowest BCUT2D eigenvalue weighted by atomic mass is 9.68. The van der Waals surface area contributed by atoms with E-state index in [1.807, 2.05) is 4.90 Å². The van der Waals surface area contributed by atoms with E-state index in [0.717, 1.165) is 32.1 Å². The summed E-state index contributed by atoms with van der Waals surface area (Å²) < 4.78 is 10.0. The van der Waals surface area contributed by atoms with Crippen LogP contribution in [0.4, 0.5) is 4.79 Å². The van der Waals surface area contributed by atoms with E-state index < -0.39 is 0 Å². The number of nitrogens with zero attached hydrogens (tertiary/aromatic N) is 3. The van der Waals surface area contributed by atoms with Crippen molar-refractivity contribution in [2.45, 2.75) is 49.6 Å². The first kappa shape index (κ1) is 23.5. The van der Waals surface area contributed by atoms with Gasteiger partial charge in [0.25, 0.3) is 0 Å². The number of amides is 2. The van der Waals surface area contributed by atoms with Crippen molar-refractivity contribution < 1.29 is 19.1 Å². The average molecular weight is 432 g/mol. The van der Waals surface area contributed by atoms with Gasteiger partial charge in [-0.3, -0.25) is 9.69 Å². The topological polar surface area (TPSA) is 62.3 Å². The molecule has 0 N–H and O–H groups in total. The monoisotopic (exact) mass is 431 g/mol. The molecule has 1 saturated carbocycles. The quantitative estimate of drug-likeness (QED) is 0.444. The Morgan fingerprint density at radius 3 is 2.32 bits per heavy atom. The van der Waals surface area contributed by atoms with E-state index in [1.165, 1.54) is 12.7 Å². The van der Waals surface area contributed by atoms with Crippen molar-refractivity contribution in [2.75, 3.05) is 54.6 Å². The third-order valence-corrected chi connectivity index (χ3v) is 7.28. The zero-order valence-electron chi connectivity index (χ0n) is 19.4. The summed E-state index contributed by atoms with van der Waals surface area (Å²) in [5.74, 6) is -0.279. The van der Waals surface area contributed by atoms with E-state index >= 15 is 0 Å². The van der Waals surface area contributed by atoms with Crippen LogP contribution in [-0.4, -0.2) is 86.8 Å². The van der Waals surface area contributed by atoms with Gasteiger partial charge in [0.2, 0.25) is 0 Å². The number of rotatable bonds is 9. The van der Waals surface area contributed by atoms with Crippen LogP contribution in [0.1, 0.15) is 44.1 Å². The molecule has 2 aliphatic rings. The van der Waals surface area contributed by atoms with Crippen LogP contribution in [0.5, 0.6) is 0 Å². The number of carbonyl (C=O) groups excluding carboxylic acids is 2. The number of benzene rings is 1. The highest BCUT2D eigenvalue weighted by atomic mass is 16.5. The van der Waals surface area contributed by atoms with Crippen LogP contribution in [0.2, 0.25) is 0 Å². The van der Waals surface area contributed by atoms with Crippen LogP contribution in [-0.2, 0) is 19.8 Å². The zero-order valence-corrected chi connectivity index (χ0v) is 19.4. The molecule has 1 spiro atoms. The minimum atomic E-state index is -0.279. The molecule has 1 aromatic carbocycles. The SMILES string of the molecule is COCCCN1C(=O)N(CCC(=O)OC)C[C@]12CC[C@](c1ccccc1)(N(C)C)CC2. The van der Waals surface area contributed by atoms with Gasteiger partial charge < -0.3 is 19.3 Å². The molecule has 1 saturated heterocycles. The van der Waals surface area contributed by atoms with Crippen molar-refractivity contribution in [1.29, 1.82) is 0 Å². The number of urea groups is 1. The number of esters is 1. The minimum absolute atomic E-state index is 0.0206. The van der Waals surface area contributed by atoms with Gasteiger partial charge in [-0.1, -0.05) is 30.3 Å². The summed E-state index contributed by atoms with van der Waals surface area (Å²) in [4.78, 5) is 31.2. The van der Waals surface area contributed by atoms with Gasteiger partial charge in [0, 0.05) is 38.9 Å². The molecule has 2 fully saturated rings. The fourth-order valence-corrected chi connectivity index (χ4v) is 5.38. The fourth-order valence-electron chi connectivity index (χ4n) is 5.38. The Hall–Kier alpha value is -2.12. The van der Waals surface area contributed by atoms with Gasteiger partial charge in [-0.2, -0.15) is 0 Å². The summed E-state index contributed by atoms with van der Waals surface area (Å²) in [5.41, 5.74) is 1.13. The molecule has 0 bridgehead atoms. The van der Waals surface area contributed by atoms with E-state index in [-0.39, 0.29) is 29.5 Å². The molecule has 3 rings (SSSR count). The van der Waals surface area contributed by atoms with Crippen molar-refractivity contribution >= 4 is 12.0 Å². The molecule has 0 radical (unpaired) electrons. The van der Waals surface area contributed by atoms with Gasteiger partial charge in [0.05, 0.1) is 19.1 Å². The van der Waals surface area contributed by atoms with Crippen molar-refractivity contribution in [3.05, 3.63) is 35.9 Å². The molecule has 1 aromatic rings. The third kappa shape index (κ3) is 4.72. The fraction of sp³-hybridized carbons (Fsp3) is 0.667. The molecule has 0 aromatic heterocycles. The second-order valence-electron chi connectivity index (χ2n) is 9.04. The molecule has 1 aliphatic carbocycles. The number of hydrogen-bond donors (Lipinski definition) is 0. The summed E-state index contributed by atoms with van der Waals surface area (Å²) in [5, 5.41) is 0. The molecule has 1 heterocycles. The minimum Gasteiger partial charge on any atom is -0.469 e. The van der Waals surface area contributed by atoms with E-state index in [0.29, 0.717) is 26.2 Å². The Labute approximate surface area is 186 Å². The molecule has 0 atom stereocenters. The highest BCUT2D eigenvalue weighted by Crippen LogP contribution is 2.48. The van der Waals surface area contributed by atoms with Crippen LogP contribution in [0.15, 0.2) is 30.3 Å². The lowest BCUT2D eigenvalue weighted by molar-refractivity contribution is -0.140. The van der Waals surface area contributed by atoms with Crippen molar-refractivity contribution in [1.82, 2.24) is 14.7 Å². The first-order valence-electron chi connectivity index (χ1n) is 11.2. The Balaban J connectivity index is 1.80. The molecule has 2 amide bonds. The maximum Gasteiger partial charge on any atom is 0.320 e. The lowest BCUT2D eigenvalue weighted by Crippen LogP contribution is -2.55. The number of hydrogen-bond acceptors (Lipinski definition) is 5. The van der Waals surface area contributed by atoms with E-state index in [9.17, 15) is 9.59 Å². The smallest absolute Gasteiger partial charge is 0.320 e. The second-order valence-corrected chi connectivity index (χ2v) is 9.04. The van der Waals surface area contributed by atoms with Crippen molar-refractivity contribution in [2.24, 2.45) is 0 Å². The Morgan fingerprint density at radius 1 is 1.06 bits per heavy atom. The van der Waals surface area contributed by atoms with E-state index in [1.54, 1.807) is 7.11 Å². The molecule has 1 aliphatic heterocycles. The van der Waals surface area contributed by atoms with E-state index in [2.05, 4.69) is 54.2 Å². The molecular formula is C24H37N3O4. The number of methoxy groups -OCH3 is 2. The Kier molecular flexibility index (Phi) is 7.59. The van der Waals surface area contributed by atoms with Gasteiger partial charge in [-0.15, -0.1) is 0 Å². The van der Waals surface area contributed by atoms with Crippen LogP contribution < -0.4 is 0 Å². The van der Waals surface area contributed by atoms with Crippen LogP contribution in [0.25, 0.3) is 0 Å². The van der Waals surface area contributed by atoms with Crippen LogP contribution in [0, 0.1) is 0 Å². The Bertz CT molecular complexity index is 744. The largest absolute Gasteiger partial charge is 0.469 e. The average Bonchev–Trinajstić information content (AvgIpc) is 3.04. The van der Waals surface area contributed by atoms with Crippen molar-refractivity contribution in [3.63, 3.8) is 0 Å². The van der Waals surface area contributed by atoms with Gasteiger partial charge in [0.15, 0.2) is 0 Å². The van der Waals surface area contributed by atoms with Crippen molar-refractivity contribution in [3.8, 4) is 0 Å².